The van der Waals surface area contributed by atoms with E-state index < -0.39 is 5.91 Å². The molecular weight excluding hydrogens is 436 g/mol. The van der Waals surface area contributed by atoms with E-state index in [2.05, 4.69) is 15.6 Å². The number of thiazole rings is 1. The van der Waals surface area contributed by atoms with E-state index in [0.29, 0.717) is 39.1 Å². The van der Waals surface area contributed by atoms with E-state index in [0.717, 1.165) is 11.1 Å². The van der Waals surface area contributed by atoms with Gasteiger partial charge in [0.2, 0.25) is 5.91 Å². The maximum Gasteiger partial charge on any atom is 0.264 e. The number of nitrogens with two attached hydrogens (primary N) is 1. The third-order valence-electron chi connectivity index (χ3n) is 5.03. The smallest absolute Gasteiger partial charge is 0.264 e. The van der Waals surface area contributed by atoms with E-state index >= 15 is 0 Å². The zero-order valence-corrected chi connectivity index (χ0v) is 18.6. The Morgan fingerprint density at radius 1 is 1.03 bits per heavy atom. The molecule has 8 heteroatoms. The van der Waals surface area contributed by atoms with Crippen LogP contribution >= 0.6 is 11.3 Å². The Labute approximate surface area is 194 Å². The molecule has 7 nitrogen and oxygen atoms in total. The first kappa shape index (κ1) is 22.0. The molecule has 5 N–H and O–H groups in total. The van der Waals surface area contributed by atoms with Gasteiger partial charge in [-0.25, -0.2) is 4.98 Å². The number of nitrogens with one attached hydrogen (secondary N) is 2. The van der Waals surface area contributed by atoms with Gasteiger partial charge in [-0.3, -0.25) is 9.59 Å². The van der Waals surface area contributed by atoms with Crippen molar-refractivity contribution < 1.29 is 14.7 Å². The van der Waals surface area contributed by atoms with Gasteiger partial charge >= 0.3 is 0 Å². The SMILES string of the molecule is Cc1ccc(C(N)=O)cc1Nc1nc(-c2ccc(O)cc2)c(C(=O)NCc2ccccc2)s1. The third kappa shape index (κ3) is 5.19. The van der Waals surface area contributed by atoms with Crippen LogP contribution in [0.3, 0.4) is 0 Å². The number of hydrogen-bond acceptors (Lipinski definition) is 6. The maximum atomic E-state index is 13.1. The first-order chi connectivity index (χ1) is 15.9. The van der Waals surface area contributed by atoms with Crippen LogP contribution in [0.5, 0.6) is 5.75 Å². The van der Waals surface area contributed by atoms with Crippen molar-refractivity contribution in [1.29, 1.82) is 0 Å². The quantitative estimate of drug-likeness (QED) is 0.323. The van der Waals surface area contributed by atoms with Crippen molar-refractivity contribution in [1.82, 2.24) is 10.3 Å². The minimum absolute atomic E-state index is 0.126. The molecule has 0 aliphatic heterocycles. The number of carbonyl (C=O) groups is 2. The number of nitrogens with zero attached hydrogens (tertiary/aromatic N) is 1. The highest BCUT2D eigenvalue weighted by Gasteiger charge is 2.20. The van der Waals surface area contributed by atoms with Crippen LogP contribution in [0.4, 0.5) is 10.8 Å². The standard InChI is InChI=1S/C25H22N4O3S/c1-15-7-8-18(23(26)31)13-20(15)28-25-29-21(17-9-11-19(30)12-10-17)22(33-25)24(32)27-14-16-5-3-2-4-6-16/h2-13,30H,14H2,1H3,(H2,26,31)(H,27,32)(H,28,29). The lowest BCUT2D eigenvalue weighted by Crippen LogP contribution is -2.22. The molecular formula is C25H22N4O3S. The Morgan fingerprint density at radius 2 is 1.76 bits per heavy atom. The molecule has 2 amide bonds. The summed E-state index contributed by atoms with van der Waals surface area (Å²) < 4.78 is 0. The Balaban J connectivity index is 1.66. The molecule has 1 aromatic heterocycles. The zero-order valence-electron chi connectivity index (χ0n) is 17.8. The second-order valence-electron chi connectivity index (χ2n) is 7.43. The largest absolute Gasteiger partial charge is 0.508 e. The van der Waals surface area contributed by atoms with Crippen LogP contribution in [-0.2, 0) is 6.54 Å². The van der Waals surface area contributed by atoms with Crippen molar-refractivity contribution in [2.45, 2.75) is 13.5 Å². The predicted molar refractivity (Wildman–Crippen MR) is 130 cm³/mol. The van der Waals surface area contributed by atoms with Crippen LogP contribution < -0.4 is 16.4 Å². The predicted octanol–water partition coefficient (Wildman–Crippen LogP) is 4.60. The molecule has 0 spiro atoms. The summed E-state index contributed by atoms with van der Waals surface area (Å²) in [5, 5.41) is 16.3. The molecule has 0 fully saturated rings. The van der Waals surface area contributed by atoms with Crippen LogP contribution in [0.15, 0.2) is 72.8 Å². The second-order valence-corrected chi connectivity index (χ2v) is 8.43. The van der Waals surface area contributed by atoms with Gasteiger partial charge < -0.3 is 21.5 Å². The van der Waals surface area contributed by atoms with Crippen LogP contribution in [0.1, 0.15) is 31.2 Å². The number of aromatic nitrogens is 1. The molecule has 0 unspecified atom stereocenters. The number of phenols is 1. The molecule has 0 aliphatic carbocycles. The lowest BCUT2D eigenvalue weighted by molar-refractivity contribution is 0.0954. The fraction of sp³-hybridized carbons (Fsp3) is 0.0800. The van der Waals surface area contributed by atoms with Gasteiger partial charge in [0.25, 0.3) is 5.91 Å². The number of hydrogen-bond donors (Lipinski definition) is 4. The van der Waals surface area contributed by atoms with E-state index in [1.165, 1.54) is 11.3 Å². The summed E-state index contributed by atoms with van der Waals surface area (Å²) in [4.78, 5) is 29.7. The van der Waals surface area contributed by atoms with Gasteiger partial charge in [-0.05, 0) is 54.4 Å². The molecule has 166 valence electrons. The number of amides is 2. The summed E-state index contributed by atoms with van der Waals surface area (Å²) in [5.74, 6) is -0.653. The van der Waals surface area contributed by atoms with Gasteiger partial charge in [0, 0.05) is 23.4 Å². The molecule has 0 aliphatic rings. The van der Waals surface area contributed by atoms with Gasteiger partial charge in [-0.1, -0.05) is 47.7 Å². The zero-order chi connectivity index (χ0) is 23.4. The average molecular weight is 459 g/mol. The molecule has 4 aromatic rings. The summed E-state index contributed by atoms with van der Waals surface area (Å²) in [6.07, 6.45) is 0. The molecule has 0 saturated carbocycles. The molecule has 4 rings (SSSR count). The maximum absolute atomic E-state index is 13.1. The number of phenolic OH excluding ortho intramolecular Hbond substituents is 1. The number of benzene rings is 3. The van der Waals surface area contributed by atoms with E-state index in [1.54, 1.807) is 42.5 Å². The molecule has 0 atom stereocenters. The number of carbonyl (C=O) groups excluding carboxylic acids is 2. The van der Waals surface area contributed by atoms with Crippen molar-refractivity contribution >= 4 is 34.0 Å². The average Bonchev–Trinajstić information content (AvgIpc) is 3.24. The van der Waals surface area contributed by atoms with E-state index in [4.69, 9.17) is 5.73 Å². The van der Waals surface area contributed by atoms with Crippen LogP contribution in [-0.4, -0.2) is 21.9 Å². The normalized spacial score (nSPS) is 10.6. The van der Waals surface area contributed by atoms with Gasteiger partial charge in [0.15, 0.2) is 5.13 Å². The lowest BCUT2D eigenvalue weighted by Gasteiger charge is -2.08. The molecule has 33 heavy (non-hydrogen) atoms. The summed E-state index contributed by atoms with van der Waals surface area (Å²) in [7, 11) is 0. The molecule has 1 heterocycles. The Hall–Kier alpha value is -4.17. The molecule has 0 radical (unpaired) electrons. The summed E-state index contributed by atoms with van der Waals surface area (Å²) >= 11 is 1.21. The van der Waals surface area contributed by atoms with Crippen molar-refractivity contribution in [2.75, 3.05) is 5.32 Å². The van der Waals surface area contributed by atoms with E-state index in [1.807, 2.05) is 37.3 Å². The number of rotatable bonds is 7. The molecule has 3 aromatic carbocycles. The van der Waals surface area contributed by atoms with Crippen molar-refractivity contribution in [3.8, 4) is 17.0 Å². The summed E-state index contributed by atoms with van der Waals surface area (Å²) in [6.45, 7) is 2.28. The molecule has 0 saturated heterocycles. The van der Waals surface area contributed by atoms with E-state index in [9.17, 15) is 14.7 Å². The summed E-state index contributed by atoms with van der Waals surface area (Å²) in [5.41, 5.74) is 9.54. The first-order valence-electron chi connectivity index (χ1n) is 10.2. The number of aryl methyl sites for hydroxylation is 1. The fourth-order valence-corrected chi connectivity index (χ4v) is 4.14. The Bertz CT molecular complexity index is 1300. The van der Waals surface area contributed by atoms with Crippen LogP contribution in [0.2, 0.25) is 0 Å². The Kier molecular flexibility index (Phi) is 6.37. The Morgan fingerprint density at radius 3 is 2.45 bits per heavy atom. The van der Waals surface area contributed by atoms with Crippen molar-refractivity contribution in [2.24, 2.45) is 5.73 Å². The van der Waals surface area contributed by atoms with Crippen molar-refractivity contribution in [3.63, 3.8) is 0 Å². The number of anilines is 2. The first-order valence-corrected chi connectivity index (χ1v) is 11.0. The highest BCUT2D eigenvalue weighted by atomic mass is 32.1. The van der Waals surface area contributed by atoms with Crippen LogP contribution in [0.25, 0.3) is 11.3 Å². The van der Waals surface area contributed by atoms with E-state index in [-0.39, 0.29) is 11.7 Å². The monoisotopic (exact) mass is 458 g/mol. The highest BCUT2D eigenvalue weighted by molar-refractivity contribution is 7.18. The highest BCUT2D eigenvalue weighted by Crippen LogP contribution is 2.34. The van der Waals surface area contributed by atoms with Crippen molar-refractivity contribution in [3.05, 3.63) is 94.4 Å². The van der Waals surface area contributed by atoms with Crippen LogP contribution in [0, 0.1) is 6.92 Å². The second kappa shape index (κ2) is 9.54. The minimum Gasteiger partial charge on any atom is -0.508 e. The van der Waals surface area contributed by atoms with Gasteiger partial charge in [0.1, 0.15) is 10.6 Å². The van der Waals surface area contributed by atoms with Gasteiger partial charge in [-0.2, -0.15) is 0 Å². The minimum atomic E-state index is -0.525. The van der Waals surface area contributed by atoms with Gasteiger partial charge in [-0.15, -0.1) is 0 Å². The third-order valence-corrected chi connectivity index (χ3v) is 6.00. The number of primary amides is 1. The summed E-state index contributed by atoms with van der Waals surface area (Å²) in [6, 6.07) is 21.3. The molecule has 0 bridgehead atoms. The van der Waals surface area contributed by atoms with Gasteiger partial charge in [0.05, 0.1) is 5.69 Å². The lowest BCUT2D eigenvalue weighted by atomic mass is 10.1. The fourth-order valence-electron chi connectivity index (χ4n) is 3.23. The number of aromatic hydroxyl groups is 1. The topological polar surface area (TPSA) is 117 Å².